The van der Waals surface area contributed by atoms with E-state index < -0.39 is 74.7 Å². The van der Waals surface area contributed by atoms with Crippen LogP contribution < -0.4 is 27.0 Å². The Bertz CT molecular complexity index is 1180. The first-order valence-electron chi connectivity index (χ1n) is 15.0. The maximum atomic E-state index is 12.9. The van der Waals surface area contributed by atoms with Crippen molar-refractivity contribution in [2.75, 3.05) is 32.8 Å². The number of hydrogen-bond donors (Lipinski definition) is 7. The number of aliphatic hydroxyl groups excluding tert-OH is 1. The Kier molecular flexibility index (Phi) is 20.8. The lowest BCUT2D eigenvalue weighted by Gasteiger charge is -2.26. The first-order valence-corrected chi connectivity index (χ1v) is 16.5. The van der Waals surface area contributed by atoms with Crippen molar-refractivity contribution in [2.45, 2.75) is 84.0 Å². The summed E-state index contributed by atoms with van der Waals surface area (Å²) in [4.78, 5) is 85.8. The van der Waals surface area contributed by atoms with E-state index in [2.05, 4.69) is 33.8 Å². The van der Waals surface area contributed by atoms with E-state index in [0.29, 0.717) is 19.3 Å². The number of primary amides is 1. The van der Waals surface area contributed by atoms with Crippen LogP contribution in [0.3, 0.4) is 0 Å². The SMILES string of the molecule is C#CCCN(CC(=O)NC(CC(C)C)C(=O)NCC(=O)NC(CO)C(=O)NC(C(N)=O)C(C)OP(=O)(O)OCCCCC=C)C(C)=O. The Morgan fingerprint density at radius 1 is 1.04 bits per heavy atom. The summed E-state index contributed by atoms with van der Waals surface area (Å²) in [7, 11) is -4.64. The topological polar surface area (TPSA) is 256 Å². The summed E-state index contributed by atoms with van der Waals surface area (Å²) >= 11 is 0. The molecule has 8 N–H and O–H groups in total. The van der Waals surface area contributed by atoms with Gasteiger partial charge >= 0.3 is 7.82 Å². The summed E-state index contributed by atoms with van der Waals surface area (Å²) in [6, 6.07) is -4.35. The number of unbranched alkanes of at least 4 members (excludes halogenated alkanes) is 2. The quantitative estimate of drug-likeness (QED) is 0.0275. The van der Waals surface area contributed by atoms with Crippen molar-refractivity contribution in [2.24, 2.45) is 11.7 Å². The molecule has 266 valence electrons. The second-order valence-electron chi connectivity index (χ2n) is 11.0. The number of nitrogens with zero attached hydrogens (tertiary/aromatic N) is 1. The van der Waals surface area contributed by atoms with Crippen LogP contribution in [-0.2, 0) is 42.4 Å². The highest BCUT2D eigenvalue weighted by Crippen LogP contribution is 2.45. The van der Waals surface area contributed by atoms with Crippen molar-refractivity contribution in [1.82, 2.24) is 26.2 Å². The minimum atomic E-state index is -4.64. The number of phosphoric ester groups is 1. The summed E-state index contributed by atoms with van der Waals surface area (Å²) in [5, 5.41) is 18.9. The Morgan fingerprint density at radius 2 is 1.68 bits per heavy atom. The van der Waals surface area contributed by atoms with Crippen LogP contribution in [0, 0.1) is 18.3 Å². The summed E-state index contributed by atoms with van der Waals surface area (Å²) in [5.74, 6) is -2.53. The molecule has 0 aliphatic heterocycles. The number of aliphatic hydroxyl groups is 1. The van der Waals surface area contributed by atoms with Crippen LogP contribution in [0.4, 0.5) is 0 Å². The van der Waals surface area contributed by atoms with Gasteiger partial charge in [-0.15, -0.1) is 18.9 Å². The third-order valence-corrected chi connectivity index (χ3v) is 7.46. The van der Waals surface area contributed by atoms with E-state index in [9.17, 15) is 43.3 Å². The number of nitrogens with two attached hydrogens (primary N) is 1. The third kappa shape index (κ3) is 18.8. The van der Waals surface area contributed by atoms with Crippen LogP contribution in [-0.4, -0.2) is 107 Å². The standard InChI is InChI=1S/C29H49N6O11P/c1-7-9-11-12-14-45-47(43,44)46-20(5)26(27(30)40)34-29(42)23(18-36)33-24(38)16-31-28(41)22(15-19(3)4)32-25(39)17-35(21(6)37)13-10-8-2/h2,7,19-20,22-23,26,36H,1,9-18H2,3-6H3,(H2,30,40)(H,31,41)(H,32,39)(H,33,38)(H,34,42)(H,43,44). The van der Waals surface area contributed by atoms with Crippen molar-refractivity contribution in [3.63, 3.8) is 0 Å². The fourth-order valence-electron chi connectivity index (χ4n) is 3.94. The first kappa shape index (κ1) is 43.2. The van der Waals surface area contributed by atoms with E-state index in [0.717, 1.165) is 0 Å². The number of hydrogen-bond acceptors (Lipinski definition) is 10. The second-order valence-corrected chi connectivity index (χ2v) is 12.4. The van der Waals surface area contributed by atoms with Crippen molar-refractivity contribution in [1.29, 1.82) is 0 Å². The lowest BCUT2D eigenvalue weighted by Crippen LogP contribution is -2.58. The molecular formula is C29H49N6O11P. The van der Waals surface area contributed by atoms with Gasteiger partial charge in [0.05, 0.1) is 32.4 Å². The number of phosphoric acid groups is 1. The van der Waals surface area contributed by atoms with Crippen LogP contribution >= 0.6 is 7.82 Å². The Morgan fingerprint density at radius 3 is 2.21 bits per heavy atom. The molecule has 0 rings (SSSR count). The normalized spacial score (nSPS) is 14.7. The van der Waals surface area contributed by atoms with Gasteiger partial charge < -0.3 is 41.9 Å². The molecule has 0 heterocycles. The minimum absolute atomic E-state index is 0.0501. The van der Waals surface area contributed by atoms with Crippen LogP contribution in [0.5, 0.6) is 0 Å². The molecule has 0 saturated carbocycles. The molecule has 47 heavy (non-hydrogen) atoms. The molecule has 0 aromatic carbocycles. The Balaban J connectivity index is 5.23. The van der Waals surface area contributed by atoms with E-state index in [-0.39, 0.29) is 44.4 Å². The van der Waals surface area contributed by atoms with Crippen LogP contribution in [0.1, 0.15) is 59.8 Å². The molecule has 0 aliphatic carbocycles. The minimum Gasteiger partial charge on any atom is -0.394 e. The van der Waals surface area contributed by atoms with Gasteiger partial charge in [0.1, 0.15) is 18.1 Å². The number of carbonyl (C=O) groups is 6. The molecule has 6 amide bonds. The number of amides is 6. The Labute approximate surface area is 275 Å². The smallest absolute Gasteiger partial charge is 0.394 e. The predicted octanol–water partition coefficient (Wildman–Crippen LogP) is -1.17. The molecule has 5 atom stereocenters. The van der Waals surface area contributed by atoms with Gasteiger partial charge in [0.15, 0.2) is 0 Å². The molecule has 0 saturated heterocycles. The monoisotopic (exact) mass is 688 g/mol. The maximum absolute atomic E-state index is 12.9. The summed E-state index contributed by atoms with van der Waals surface area (Å²) < 4.78 is 22.1. The van der Waals surface area contributed by atoms with Gasteiger partial charge in [-0.2, -0.15) is 0 Å². The summed E-state index contributed by atoms with van der Waals surface area (Å²) in [6.45, 7) is 7.75. The van der Waals surface area contributed by atoms with Crippen LogP contribution in [0.2, 0.25) is 0 Å². The second kappa shape index (κ2) is 22.7. The van der Waals surface area contributed by atoms with Gasteiger partial charge in [-0.3, -0.25) is 37.8 Å². The highest BCUT2D eigenvalue weighted by molar-refractivity contribution is 7.47. The fraction of sp³-hybridized carbons (Fsp3) is 0.655. The van der Waals surface area contributed by atoms with Gasteiger partial charge in [-0.1, -0.05) is 19.9 Å². The van der Waals surface area contributed by atoms with E-state index in [1.807, 2.05) is 13.8 Å². The zero-order valence-electron chi connectivity index (χ0n) is 27.4. The molecule has 0 radical (unpaired) electrons. The highest BCUT2D eigenvalue weighted by atomic mass is 31.2. The van der Waals surface area contributed by atoms with Crippen LogP contribution in [0.15, 0.2) is 12.7 Å². The average Bonchev–Trinajstić information content (AvgIpc) is 2.97. The lowest BCUT2D eigenvalue weighted by atomic mass is 10.0. The zero-order valence-corrected chi connectivity index (χ0v) is 28.3. The molecular weight excluding hydrogens is 639 g/mol. The number of nitrogens with one attached hydrogen (secondary N) is 4. The molecule has 0 spiro atoms. The van der Waals surface area contributed by atoms with E-state index >= 15 is 0 Å². The molecule has 0 aromatic heterocycles. The number of terminal acetylenes is 1. The number of rotatable bonds is 24. The van der Waals surface area contributed by atoms with E-state index in [4.69, 9.17) is 21.2 Å². The van der Waals surface area contributed by atoms with Gasteiger partial charge in [-0.25, -0.2) is 4.57 Å². The largest absolute Gasteiger partial charge is 0.472 e. The number of carbonyl (C=O) groups excluding carboxylic acids is 6. The molecule has 0 aliphatic rings. The molecule has 5 unspecified atom stereocenters. The van der Waals surface area contributed by atoms with Gasteiger partial charge in [-0.05, 0) is 38.5 Å². The molecule has 0 bridgehead atoms. The van der Waals surface area contributed by atoms with Crippen molar-refractivity contribution < 1.29 is 52.4 Å². The summed E-state index contributed by atoms with van der Waals surface area (Å²) in [5.41, 5.74) is 5.33. The van der Waals surface area contributed by atoms with Gasteiger partial charge in [0, 0.05) is 19.9 Å². The fourth-order valence-corrected chi connectivity index (χ4v) is 4.90. The predicted molar refractivity (Wildman–Crippen MR) is 171 cm³/mol. The number of allylic oxidation sites excluding steroid dienone is 1. The first-order chi connectivity index (χ1) is 22.0. The third-order valence-electron chi connectivity index (χ3n) is 6.35. The molecule has 0 aromatic rings. The van der Waals surface area contributed by atoms with Crippen LogP contribution in [0.25, 0.3) is 0 Å². The van der Waals surface area contributed by atoms with Crippen molar-refractivity contribution in [3.8, 4) is 12.3 Å². The van der Waals surface area contributed by atoms with E-state index in [1.54, 1.807) is 6.08 Å². The summed E-state index contributed by atoms with van der Waals surface area (Å²) in [6.07, 6.45) is 7.64. The van der Waals surface area contributed by atoms with Gasteiger partial charge in [0.2, 0.25) is 35.4 Å². The molecule has 0 fully saturated rings. The molecule has 18 heteroatoms. The molecule has 17 nitrogen and oxygen atoms in total. The zero-order chi connectivity index (χ0) is 36.2. The van der Waals surface area contributed by atoms with E-state index in [1.165, 1.54) is 18.7 Å². The van der Waals surface area contributed by atoms with Gasteiger partial charge in [0.25, 0.3) is 0 Å². The van der Waals surface area contributed by atoms with Crippen molar-refractivity contribution >= 4 is 43.3 Å². The average molecular weight is 689 g/mol. The Hall–Kier alpha value is -3.81. The van der Waals surface area contributed by atoms with Crippen molar-refractivity contribution in [3.05, 3.63) is 12.7 Å². The highest BCUT2D eigenvalue weighted by Gasteiger charge is 2.34. The maximum Gasteiger partial charge on any atom is 0.472 e. The lowest BCUT2D eigenvalue weighted by molar-refractivity contribution is -0.136.